The number of para-hydroxylation sites is 1. The maximum atomic E-state index is 12.9. The number of piperazine rings is 1. The van der Waals surface area contributed by atoms with Gasteiger partial charge in [-0.3, -0.25) is 9.80 Å². The Morgan fingerprint density at radius 2 is 1.66 bits per heavy atom. The SMILES string of the molecule is C=CCN(CC=C)CCN1CCN(S(=O)(=O)c2ccccc2OC(F)(F)F)CC1. The number of sulfonamides is 1. The Hall–Kier alpha value is -1.88. The van der Waals surface area contributed by atoms with Crippen molar-refractivity contribution in [2.24, 2.45) is 0 Å². The van der Waals surface area contributed by atoms with Crippen molar-refractivity contribution < 1.29 is 26.3 Å². The Morgan fingerprint density at radius 3 is 2.21 bits per heavy atom. The van der Waals surface area contributed by atoms with E-state index in [-0.39, 0.29) is 13.1 Å². The second-order valence-corrected chi connectivity index (χ2v) is 8.48. The summed E-state index contributed by atoms with van der Waals surface area (Å²) in [6.07, 6.45) is -1.34. The third-order valence-corrected chi connectivity index (χ3v) is 6.47. The number of hydrogen-bond acceptors (Lipinski definition) is 5. The van der Waals surface area contributed by atoms with Crippen LogP contribution in [0.25, 0.3) is 0 Å². The minimum absolute atomic E-state index is 0.200. The number of benzene rings is 1. The van der Waals surface area contributed by atoms with Gasteiger partial charge in [-0.15, -0.1) is 26.3 Å². The fraction of sp³-hybridized carbons (Fsp3) is 0.474. The summed E-state index contributed by atoms with van der Waals surface area (Å²) in [5, 5.41) is 0. The van der Waals surface area contributed by atoms with Gasteiger partial charge in [-0.05, 0) is 12.1 Å². The minimum Gasteiger partial charge on any atom is -0.404 e. The molecule has 1 saturated heterocycles. The summed E-state index contributed by atoms with van der Waals surface area (Å²) in [5.41, 5.74) is 0. The number of nitrogens with zero attached hydrogens (tertiary/aromatic N) is 3. The van der Waals surface area contributed by atoms with E-state index in [1.165, 1.54) is 16.4 Å². The van der Waals surface area contributed by atoms with Gasteiger partial charge < -0.3 is 4.74 Å². The summed E-state index contributed by atoms with van der Waals surface area (Å²) >= 11 is 0. The van der Waals surface area contributed by atoms with Gasteiger partial charge in [0.15, 0.2) is 0 Å². The first-order valence-electron chi connectivity index (χ1n) is 9.19. The van der Waals surface area contributed by atoms with E-state index in [1.54, 1.807) is 0 Å². The molecule has 0 spiro atoms. The molecule has 0 unspecified atom stereocenters. The second-order valence-electron chi connectivity index (χ2n) is 6.58. The van der Waals surface area contributed by atoms with Gasteiger partial charge >= 0.3 is 6.36 Å². The number of ether oxygens (including phenoxy) is 1. The van der Waals surface area contributed by atoms with Crippen LogP contribution in [-0.2, 0) is 10.0 Å². The summed E-state index contributed by atoms with van der Waals surface area (Å²) < 4.78 is 68.7. The maximum absolute atomic E-state index is 12.9. The first-order valence-corrected chi connectivity index (χ1v) is 10.6. The lowest BCUT2D eigenvalue weighted by Gasteiger charge is -2.35. The molecule has 0 aliphatic carbocycles. The van der Waals surface area contributed by atoms with E-state index < -0.39 is 27.0 Å². The largest absolute Gasteiger partial charge is 0.573 e. The molecule has 162 valence electrons. The van der Waals surface area contributed by atoms with Crippen molar-refractivity contribution in [2.75, 3.05) is 52.4 Å². The molecule has 1 fully saturated rings. The molecule has 1 aliphatic rings. The molecule has 0 atom stereocenters. The number of halogens is 3. The molecule has 1 heterocycles. The van der Waals surface area contributed by atoms with Crippen molar-refractivity contribution in [2.45, 2.75) is 11.3 Å². The van der Waals surface area contributed by atoms with Crippen molar-refractivity contribution in [1.29, 1.82) is 0 Å². The van der Waals surface area contributed by atoms with Crippen LogP contribution in [0.1, 0.15) is 0 Å². The fourth-order valence-corrected chi connectivity index (χ4v) is 4.65. The van der Waals surface area contributed by atoms with Gasteiger partial charge in [0.25, 0.3) is 0 Å². The van der Waals surface area contributed by atoms with Crippen LogP contribution in [0.5, 0.6) is 5.75 Å². The molecular formula is C19H26F3N3O3S. The van der Waals surface area contributed by atoms with Crippen LogP contribution in [0.15, 0.2) is 54.5 Å². The zero-order valence-electron chi connectivity index (χ0n) is 16.1. The highest BCUT2D eigenvalue weighted by Crippen LogP contribution is 2.31. The van der Waals surface area contributed by atoms with Crippen LogP contribution in [-0.4, -0.2) is 81.2 Å². The number of hydrogen-bond donors (Lipinski definition) is 0. The van der Waals surface area contributed by atoms with E-state index in [0.29, 0.717) is 13.1 Å². The third-order valence-electron chi connectivity index (χ3n) is 4.53. The summed E-state index contributed by atoms with van der Waals surface area (Å²) in [6.45, 7) is 11.9. The van der Waals surface area contributed by atoms with Crippen molar-refractivity contribution in [3.05, 3.63) is 49.6 Å². The monoisotopic (exact) mass is 433 g/mol. The standard InChI is InChI=1S/C19H26F3N3O3S/c1-3-9-23(10-4-2)11-12-24-13-15-25(16-14-24)29(26,27)18-8-6-5-7-17(18)28-19(20,21)22/h3-8H,1-2,9-16H2. The molecular weight excluding hydrogens is 407 g/mol. The van der Waals surface area contributed by atoms with Crippen LogP contribution in [0, 0.1) is 0 Å². The zero-order valence-corrected chi connectivity index (χ0v) is 17.0. The van der Waals surface area contributed by atoms with E-state index in [0.717, 1.165) is 38.3 Å². The molecule has 0 saturated carbocycles. The number of rotatable bonds is 10. The average Bonchev–Trinajstić information content (AvgIpc) is 2.66. The van der Waals surface area contributed by atoms with Crippen LogP contribution < -0.4 is 4.74 Å². The molecule has 10 heteroatoms. The van der Waals surface area contributed by atoms with Crippen molar-refractivity contribution in [3.8, 4) is 5.75 Å². The summed E-state index contributed by atoms with van der Waals surface area (Å²) in [6, 6.07) is 4.81. The van der Waals surface area contributed by atoms with Gasteiger partial charge in [-0.1, -0.05) is 24.3 Å². The van der Waals surface area contributed by atoms with Crippen molar-refractivity contribution in [1.82, 2.24) is 14.1 Å². The van der Waals surface area contributed by atoms with E-state index in [9.17, 15) is 21.6 Å². The predicted octanol–water partition coefficient (Wildman–Crippen LogP) is 2.57. The van der Waals surface area contributed by atoms with E-state index >= 15 is 0 Å². The molecule has 29 heavy (non-hydrogen) atoms. The van der Waals surface area contributed by atoms with Crippen LogP contribution in [0.4, 0.5) is 13.2 Å². The topological polar surface area (TPSA) is 53.1 Å². The van der Waals surface area contributed by atoms with Crippen molar-refractivity contribution >= 4 is 10.0 Å². The van der Waals surface area contributed by atoms with Gasteiger partial charge in [0.05, 0.1) is 0 Å². The van der Waals surface area contributed by atoms with Gasteiger partial charge in [0.2, 0.25) is 10.0 Å². The Morgan fingerprint density at radius 1 is 1.07 bits per heavy atom. The molecule has 0 aromatic heterocycles. The van der Waals surface area contributed by atoms with Crippen LogP contribution in [0.2, 0.25) is 0 Å². The average molecular weight is 433 g/mol. The Balaban J connectivity index is 2.00. The van der Waals surface area contributed by atoms with Gasteiger partial charge in [0.1, 0.15) is 10.6 Å². The lowest BCUT2D eigenvalue weighted by atomic mass is 10.3. The van der Waals surface area contributed by atoms with E-state index in [4.69, 9.17) is 0 Å². The second kappa shape index (κ2) is 10.2. The molecule has 1 aromatic carbocycles. The Kier molecular flexibility index (Phi) is 8.26. The molecule has 0 radical (unpaired) electrons. The quantitative estimate of drug-likeness (QED) is 0.531. The lowest BCUT2D eigenvalue weighted by Crippen LogP contribution is -2.50. The molecule has 1 aromatic rings. The van der Waals surface area contributed by atoms with Gasteiger partial charge in [-0.25, -0.2) is 8.42 Å². The zero-order chi connectivity index (χ0) is 21.5. The van der Waals surface area contributed by atoms with Crippen LogP contribution in [0.3, 0.4) is 0 Å². The molecule has 6 nitrogen and oxygen atoms in total. The highest BCUT2D eigenvalue weighted by Gasteiger charge is 2.36. The third kappa shape index (κ3) is 6.84. The van der Waals surface area contributed by atoms with Gasteiger partial charge in [-0.2, -0.15) is 4.31 Å². The smallest absolute Gasteiger partial charge is 0.404 e. The molecule has 2 rings (SSSR count). The predicted molar refractivity (Wildman–Crippen MR) is 105 cm³/mol. The van der Waals surface area contributed by atoms with Crippen molar-refractivity contribution in [3.63, 3.8) is 0 Å². The number of alkyl halides is 3. The summed E-state index contributed by atoms with van der Waals surface area (Å²) in [7, 11) is -4.09. The summed E-state index contributed by atoms with van der Waals surface area (Å²) in [4.78, 5) is 3.81. The molecule has 0 amide bonds. The minimum atomic E-state index is -4.97. The van der Waals surface area contributed by atoms with E-state index in [1.807, 2.05) is 12.2 Å². The van der Waals surface area contributed by atoms with Gasteiger partial charge in [0, 0.05) is 52.4 Å². The summed E-state index contributed by atoms with van der Waals surface area (Å²) in [5.74, 6) is -0.716. The van der Waals surface area contributed by atoms with Crippen LogP contribution >= 0.6 is 0 Å². The molecule has 0 N–H and O–H groups in total. The Bertz CT molecular complexity index is 781. The molecule has 1 aliphatic heterocycles. The first-order chi connectivity index (χ1) is 13.7. The fourth-order valence-electron chi connectivity index (χ4n) is 3.11. The normalized spacial score (nSPS) is 16.7. The highest BCUT2D eigenvalue weighted by atomic mass is 32.2. The molecule has 0 bridgehead atoms. The Labute approximate surface area is 169 Å². The maximum Gasteiger partial charge on any atom is 0.573 e. The lowest BCUT2D eigenvalue weighted by molar-refractivity contribution is -0.275. The highest BCUT2D eigenvalue weighted by molar-refractivity contribution is 7.89. The first kappa shape index (κ1) is 23.4. The van der Waals surface area contributed by atoms with E-state index in [2.05, 4.69) is 27.7 Å².